The fraction of sp³-hybridized carbons (Fsp3) is 0.125. The smallest absolute Gasteiger partial charge is 0.338 e. The van der Waals surface area contributed by atoms with Gasteiger partial charge >= 0.3 is 5.97 Å². The van der Waals surface area contributed by atoms with Gasteiger partial charge in [-0.2, -0.15) is 0 Å². The zero-order chi connectivity index (χ0) is 8.27. The first kappa shape index (κ1) is 8.01. The van der Waals surface area contributed by atoms with Gasteiger partial charge < -0.3 is 4.74 Å². The van der Waals surface area contributed by atoms with E-state index in [2.05, 4.69) is 6.58 Å². The van der Waals surface area contributed by atoms with Crippen LogP contribution in [0.15, 0.2) is 29.0 Å². The van der Waals surface area contributed by atoms with Gasteiger partial charge in [-0.25, -0.2) is 4.79 Å². The molecule has 0 atom stereocenters. The fourth-order valence-electron chi connectivity index (χ4n) is 0.504. The molecule has 0 aliphatic heterocycles. The highest BCUT2D eigenvalue weighted by Gasteiger charge is 2.03. The largest absolute Gasteiger partial charge is 0.422 e. The highest BCUT2D eigenvalue weighted by molar-refractivity contribution is 7.08. The fourth-order valence-corrected chi connectivity index (χ4v) is 1.06. The quantitative estimate of drug-likeness (QED) is 0.500. The molecule has 0 unspecified atom stereocenters. The summed E-state index contributed by atoms with van der Waals surface area (Å²) in [6.07, 6.45) is 0. The Hall–Kier alpha value is -1.09. The lowest BCUT2D eigenvalue weighted by atomic mass is 10.4. The molecule has 2 nitrogen and oxygen atoms in total. The molecule has 0 spiro atoms. The average Bonchev–Trinajstić information content (AvgIpc) is 2.39. The highest BCUT2D eigenvalue weighted by atomic mass is 32.1. The van der Waals surface area contributed by atoms with Crippen LogP contribution in [0.1, 0.15) is 6.92 Å². The van der Waals surface area contributed by atoms with Gasteiger partial charge in [0.2, 0.25) is 0 Å². The van der Waals surface area contributed by atoms with Crippen molar-refractivity contribution in [3.05, 3.63) is 29.0 Å². The van der Waals surface area contributed by atoms with Gasteiger partial charge in [-0.15, -0.1) is 11.3 Å². The molecular weight excluding hydrogens is 160 g/mol. The predicted molar refractivity (Wildman–Crippen MR) is 44.8 cm³/mol. The molecule has 1 aromatic heterocycles. The van der Waals surface area contributed by atoms with Gasteiger partial charge in [-0.3, -0.25) is 0 Å². The lowest BCUT2D eigenvalue weighted by molar-refractivity contribution is -0.130. The predicted octanol–water partition coefficient (Wildman–Crippen LogP) is 2.23. The van der Waals surface area contributed by atoms with Crippen molar-refractivity contribution in [1.82, 2.24) is 0 Å². The summed E-state index contributed by atoms with van der Waals surface area (Å²) < 4.78 is 4.89. The average molecular weight is 168 g/mol. The molecule has 0 bridgehead atoms. The van der Waals surface area contributed by atoms with Crippen molar-refractivity contribution < 1.29 is 9.53 Å². The molecule has 0 fully saturated rings. The Morgan fingerprint density at radius 1 is 1.73 bits per heavy atom. The molecule has 0 radical (unpaired) electrons. The number of carbonyl (C=O) groups excluding carboxylic acids is 1. The van der Waals surface area contributed by atoms with Crippen LogP contribution in [0.25, 0.3) is 0 Å². The molecule has 1 heterocycles. The summed E-state index contributed by atoms with van der Waals surface area (Å²) in [7, 11) is 0. The van der Waals surface area contributed by atoms with Crippen LogP contribution < -0.4 is 4.74 Å². The number of ether oxygens (including phenoxy) is 1. The third-order valence-electron chi connectivity index (χ3n) is 1.05. The minimum Gasteiger partial charge on any atom is -0.422 e. The van der Waals surface area contributed by atoms with Crippen molar-refractivity contribution in [3.63, 3.8) is 0 Å². The van der Waals surface area contributed by atoms with Crippen LogP contribution in [0.3, 0.4) is 0 Å². The van der Waals surface area contributed by atoms with E-state index in [4.69, 9.17) is 4.74 Å². The van der Waals surface area contributed by atoms with Crippen LogP contribution >= 0.6 is 11.3 Å². The summed E-state index contributed by atoms with van der Waals surface area (Å²) in [6.45, 7) is 5.08. The molecule has 0 N–H and O–H groups in total. The molecule has 0 aliphatic rings. The molecule has 0 saturated carbocycles. The summed E-state index contributed by atoms with van der Waals surface area (Å²) in [5.74, 6) is 0.214. The Morgan fingerprint density at radius 2 is 2.45 bits per heavy atom. The molecule has 11 heavy (non-hydrogen) atoms. The van der Waals surface area contributed by atoms with Crippen LogP contribution in [-0.2, 0) is 4.79 Å². The van der Waals surface area contributed by atoms with Crippen LogP contribution in [0.4, 0.5) is 0 Å². The zero-order valence-electron chi connectivity index (χ0n) is 6.16. The molecular formula is C8H8O2S. The standard InChI is InChI=1S/C8H8O2S/c1-6(2)8(9)10-7-3-4-11-5-7/h3-5H,1H2,2H3. The van der Waals surface area contributed by atoms with E-state index in [0.717, 1.165) is 0 Å². The van der Waals surface area contributed by atoms with E-state index < -0.39 is 0 Å². The number of hydrogen-bond acceptors (Lipinski definition) is 3. The highest BCUT2D eigenvalue weighted by Crippen LogP contribution is 2.15. The first-order chi connectivity index (χ1) is 5.20. The SMILES string of the molecule is C=C(C)C(=O)Oc1ccsc1. The number of carbonyl (C=O) groups is 1. The second-order valence-electron chi connectivity index (χ2n) is 2.13. The molecule has 0 saturated heterocycles. The summed E-state index contributed by atoms with van der Waals surface area (Å²) >= 11 is 1.49. The minimum absolute atomic E-state index is 0.372. The zero-order valence-corrected chi connectivity index (χ0v) is 6.98. The number of hydrogen-bond donors (Lipinski definition) is 0. The van der Waals surface area contributed by atoms with E-state index in [0.29, 0.717) is 11.3 Å². The van der Waals surface area contributed by atoms with Gasteiger partial charge in [0.15, 0.2) is 0 Å². The third-order valence-corrected chi connectivity index (χ3v) is 1.72. The van der Waals surface area contributed by atoms with Gasteiger partial charge in [0, 0.05) is 11.0 Å². The van der Waals surface area contributed by atoms with E-state index in [-0.39, 0.29) is 5.97 Å². The van der Waals surface area contributed by atoms with Crippen molar-refractivity contribution in [1.29, 1.82) is 0 Å². The maximum atomic E-state index is 10.9. The number of rotatable bonds is 2. The van der Waals surface area contributed by atoms with Crippen molar-refractivity contribution in [2.24, 2.45) is 0 Å². The monoisotopic (exact) mass is 168 g/mol. The number of thiophene rings is 1. The van der Waals surface area contributed by atoms with Crippen LogP contribution in [0.5, 0.6) is 5.75 Å². The van der Waals surface area contributed by atoms with E-state index in [1.807, 2.05) is 5.38 Å². The van der Waals surface area contributed by atoms with Gasteiger partial charge in [-0.05, 0) is 18.4 Å². The second kappa shape index (κ2) is 3.34. The molecule has 1 aromatic rings. The van der Waals surface area contributed by atoms with Crippen LogP contribution in [-0.4, -0.2) is 5.97 Å². The maximum Gasteiger partial charge on any atom is 0.338 e. The molecule has 0 amide bonds. The molecule has 58 valence electrons. The lowest BCUT2D eigenvalue weighted by Gasteiger charge is -1.98. The first-order valence-electron chi connectivity index (χ1n) is 3.10. The molecule has 3 heteroatoms. The molecule has 0 aliphatic carbocycles. The second-order valence-corrected chi connectivity index (χ2v) is 2.91. The summed E-state index contributed by atoms with van der Waals surface area (Å²) in [5, 5.41) is 3.61. The third kappa shape index (κ3) is 2.20. The van der Waals surface area contributed by atoms with E-state index in [9.17, 15) is 4.79 Å². The van der Waals surface area contributed by atoms with Gasteiger partial charge in [-0.1, -0.05) is 6.58 Å². The van der Waals surface area contributed by atoms with Crippen molar-refractivity contribution in [3.8, 4) is 5.75 Å². The molecule has 1 rings (SSSR count). The Labute approximate surface area is 69.1 Å². The topological polar surface area (TPSA) is 26.3 Å². The number of esters is 1. The summed E-state index contributed by atoms with van der Waals surface area (Å²) in [4.78, 5) is 10.9. The van der Waals surface area contributed by atoms with Crippen molar-refractivity contribution in [2.45, 2.75) is 6.92 Å². The van der Waals surface area contributed by atoms with Gasteiger partial charge in [0.05, 0.1) is 0 Å². The molecule has 0 aromatic carbocycles. The lowest BCUT2D eigenvalue weighted by Crippen LogP contribution is -2.07. The Balaban J connectivity index is 2.57. The van der Waals surface area contributed by atoms with E-state index in [1.165, 1.54) is 11.3 Å². The first-order valence-corrected chi connectivity index (χ1v) is 4.04. The summed E-state index contributed by atoms with van der Waals surface area (Å²) in [6, 6.07) is 1.74. The van der Waals surface area contributed by atoms with E-state index >= 15 is 0 Å². The summed E-state index contributed by atoms with van der Waals surface area (Å²) in [5.41, 5.74) is 0.413. The van der Waals surface area contributed by atoms with Gasteiger partial charge in [0.25, 0.3) is 0 Å². The normalized spacial score (nSPS) is 9.18. The van der Waals surface area contributed by atoms with E-state index in [1.54, 1.807) is 18.4 Å². The Kier molecular flexibility index (Phi) is 2.44. The van der Waals surface area contributed by atoms with Crippen LogP contribution in [0.2, 0.25) is 0 Å². The van der Waals surface area contributed by atoms with Crippen molar-refractivity contribution in [2.75, 3.05) is 0 Å². The van der Waals surface area contributed by atoms with Crippen molar-refractivity contribution >= 4 is 17.3 Å². The van der Waals surface area contributed by atoms with Gasteiger partial charge in [0.1, 0.15) is 5.75 Å². The Bertz CT molecular complexity index is 262. The maximum absolute atomic E-state index is 10.9. The Morgan fingerprint density at radius 3 is 2.91 bits per heavy atom. The van der Waals surface area contributed by atoms with Crippen LogP contribution in [0, 0.1) is 0 Å². The minimum atomic E-state index is -0.372.